The van der Waals surface area contributed by atoms with Crippen LogP contribution in [0.15, 0.2) is 11.1 Å². The van der Waals surface area contributed by atoms with Crippen molar-refractivity contribution in [1.29, 1.82) is 0 Å². The first-order valence-electron chi connectivity index (χ1n) is 11.4. The number of allylic oxidation sites excluding steroid dienone is 1. The zero-order valence-electron chi connectivity index (χ0n) is 18.2. The van der Waals surface area contributed by atoms with E-state index in [9.17, 15) is 5.11 Å². The van der Waals surface area contributed by atoms with Gasteiger partial charge in [0.2, 0.25) is 0 Å². The Hall–Kier alpha value is -0.300. The second kappa shape index (κ2) is 6.10. The topological polar surface area (TPSA) is 20.2 Å². The van der Waals surface area contributed by atoms with Crippen LogP contribution < -0.4 is 0 Å². The summed E-state index contributed by atoms with van der Waals surface area (Å²) in [4.78, 5) is 0. The molecule has 4 aliphatic rings. The Labute approximate surface area is 162 Å². The lowest BCUT2D eigenvalue weighted by Gasteiger charge is -2.62. The van der Waals surface area contributed by atoms with E-state index < -0.39 is 0 Å². The summed E-state index contributed by atoms with van der Waals surface area (Å²) >= 11 is 0. The number of aliphatic hydroxyl groups excluding tert-OH is 1. The van der Waals surface area contributed by atoms with Crippen LogP contribution in [-0.4, -0.2) is 11.2 Å². The molecule has 4 aliphatic carbocycles. The normalized spacial score (nSPS) is 51.1. The van der Waals surface area contributed by atoms with Crippen LogP contribution in [0.1, 0.15) is 99.3 Å². The van der Waals surface area contributed by atoms with Gasteiger partial charge in [0.05, 0.1) is 6.10 Å². The van der Waals surface area contributed by atoms with Crippen molar-refractivity contribution in [2.75, 3.05) is 0 Å². The third kappa shape index (κ3) is 2.75. The van der Waals surface area contributed by atoms with Gasteiger partial charge in [-0.2, -0.15) is 0 Å². The van der Waals surface area contributed by atoms with Gasteiger partial charge >= 0.3 is 0 Å². The second-order valence-corrected chi connectivity index (χ2v) is 12.1. The van der Waals surface area contributed by atoms with Crippen molar-refractivity contribution in [1.82, 2.24) is 0 Å². The van der Waals surface area contributed by atoms with Crippen molar-refractivity contribution in [3.8, 4) is 0 Å². The molecule has 0 saturated heterocycles. The number of hydrogen-bond donors (Lipinski definition) is 1. The van der Waals surface area contributed by atoms with Crippen LogP contribution in [0.3, 0.4) is 0 Å². The Balaban J connectivity index is 1.75. The van der Waals surface area contributed by atoms with Crippen LogP contribution in [-0.2, 0) is 0 Å². The quantitative estimate of drug-likeness (QED) is 0.475. The van der Waals surface area contributed by atoms with Gasteiger partial charge in [-0.05, 0) is 98.7 Å². The average molecular weight is 359 g/mol. The molecule has 0 spiro atoms. The minimum absolute atomic E-state index is 0.118. The summed E-state index contributed by atoms with van der Waals surface area (Å²) in [6, 6.07) is 0. The Kier molecular flexibility index (Phi) is 4.46. The van der Waals surface area contributed by atoms with Crippen molar-refractivity contribution in [2.24, 2.45) is 39.9 Å². The molecule has 0 amide bonds. The monoisotopic (exact) mass is 358 g/mol. The van der Waals surface area contributed by atoms with Gasteiger partial charge in [0, 0.05) is 5.92 Å². The van der Waals surface area contributed by atoms with E-state index in [0.717, 1.165) is 5.92 Å². The highest BCUT2D eigenvalue weighted by Crippen LogP contribution is 2.65. The molecule has 3 saturated carbocycles. The number of fused-ring (bicyclic) bond motifs is 4. The summed E-state index contributed by atoms with van der Waals surface area (Å²) in [7, 11) is 0. The Morgan fingerprint density at radius 1 is 0.885 bits per heavy atom. The van der Waals surface area contributed by atoms with Crippen LogP contribution in [0.2, 0.25) is 0 Å². The second-order valence-electron chi connectivity index (χ2n) is 12.1. The predicted octanol–water partition coefficient (Wildman–Crippen LogP) is 6.75. The summed E-state index contributed by atoms with van der Waals surface area (Å²) in [5.74, 6) is 2.58. The maximum Gasteiger partial charge on any atom is 0.0664 e. The zero-order chi connectivity index (χ0) is 18.9. The molecule has 0 aromatic rings. The molecule has 0 bridgehead atoms. The Morgan fingerprint density at radius 2 is 1.58 bits per heavy atom. The molecule has 7 atom stereocenters. The lowest BCUT2D eigenvalue weighted by atomic mass is 9.44. The van der Waals surface area contributed by atoms with Gasteiger partial charge in [0.1, 0.15) is 0 Å². The standard InChI is InChI=1S/C25H42O/c1-16-8-10-19-20-15-23(3,4)11-12-24(20,5)13-14-25(19,6)22(26)21-17(2)7-9-18(16)21/h17,19-22,26H,7-15H2,1-6H3. The summed E-state index contributed by atoms with van der Waals surface area (Å²) in [6.07, 6.45) is 11.7. The highest BCUT2D eigenvalue weighted by molar-refractivity contribution is 5.25. The SMILES string of the molecule is CC1=C2CCC(C)C2C(O)C2(C)CCC3(C)CCC(C)(C)CC3C2CC1. The fourth-order valence-corrected chi connectivity index (χ4v) is 7.80. The molecule has 1 nitrogen and oxygen atoms in total. The molecular formula is C25H42O. The van der Waals surface area contributed by atoms with E-state index in [0.29, 0.717) is 28.6 Å². The lowest BCUT2D eigenvalue weighted by Crippen LogP contribution is -2.56. The Morgan fingerprint density at radius 3 is 2.31 bits per heavy atom. The van der Waals surface area contributed by atoms with E-state index in [2.05, 4.69) is 41.5 Å². The fourth-order valence-electron chi connectivity index (χ4n) is 7.80. The molecule has 0 aliphatic heterocycles. The van der Waals surface area contributed by atoms with E-state index in [1.54, 1.807) is 11.1 Å². The Bertz CT molecular complexity index is 601. The average Bonchev–Trinajstić information content (AvgIpc) is 2.95. The molecule has 0 aromatic heterocycles. The van der Waals surface area contributed by atoms with E-state index in [4.69, 9.17) is 0 Å². The van der Waals surface area contributed by atoms with Crippen molar-refractivity contribution < 1.29 is 5.11 Å². The van der Waals surface area contributed by atoms with E-state index in [1.807, 2.05) is 0 Å². The first kappa shape index (κ1) is 19.0. The molecule has 26 heavy (non-hydrogen) atoms. The molecule has 148 valence electrons. The maximum atomic E-state index is 11.8. The van der Waals surface area contributed by atoms with Gasteiger partial charge < -0.3 is 5.11 Å². The van der Waals surface area contributed by atoms with Gasteiger partial charge in [0.15, 0.2) is 0 Å². The largest absolute Gasteiger partial charge is 0.392 e. The van der Waals surface area contributed by atoms with Crippen LogP contribution in [0.25, 0.3) is 0 Å². The molecule has 0 radical (unpaired) electrons. The minimum Gasteiger partial charge on any atom is -0.392 e. The molecule has 0 aromatic carbocycles. The fraction of sp³-hybridized carbons (Fsp3) is 0.920. The molecule has 1 N–H and O–H groups in total. The number of hydrogen-bond acceptors (Lipinski definition) is 1. The van der Waals surface area contributed by atoms with Crippen LogP contribution >= 0.6 is 0 Å². The van der Waals surface area contributed by atoms with Crippen molar-refractivity contribution in [2.45, 2.75) is 105 Å². The maximum absolute atomic E-state index is 11.8. The van der Waals surface area contributed by atoms with Gasteiger partial charge in [0.25, 0.3) is 0 Å². The highest BCUT2D eigenvalue weighted by atomic mass is 16.3. The summed E-state index contributed by atoms with van der Waals surface area (Å²) < 4.78 is 0. The molecule has 7 unspecified atom stereocenters. The third-order valence-corrected chi connectivity index (χ3v) is 9.89. The minimum atomic E-state index is -0.134. The van der Waals surface area contributed by atoms with Crippen LogP contribution in [0, 0.1) is 39.9 Å². The zero-order valence-corrected chi connectivity index (χ0v) is 18.2. The molecule has 0 heterocycles. The molecule has 3 fully saturated rings. The first-order valence-corrected chi connectivity index (χ1v) is 11.4. The van der Waals surface area contributed by atoms with Gasteiger partial charge in [-0.3, -0.25) is 0 Å². The first-order chi connectivity index (χ1) is 12.1. The van der Waals surface area contributed by atoms with E-state index >= 15 is 0 Å². The molecule has 4 rings (SSSR count). The van der Waals surface area contributed by atoms with E-state index in [-0.39, 0.29) is 11.5 Å². The van der Waals surface area contributed by atoms with Crippen molar-refractivity contribution >= 4 is 0 Å². The summed E-state index contributed by atoms with van der Waals surface area (Å²) in [5, 5.41) is 11.8. The van der Waals surface area contributed by atoms with Crippen LogP contribution in [0.5, 0.6) is 0 Å². The van der Waals surface area contributed by atoms with E-state index in [1.165, 1.54) is 57.8 Å². The summed E-state index contributed by atoms with van der Waals surface area (Å²) in [5.41, 5.74) is 4.38. The van der Waals surface area contributed by atoms with Gasteiger partial charge in [-0.25, -0.2) is 0 Å². The van der Waals surface area contributed by atoms with Gasteiger partial charge in [-0.15, -0.1) is 0 Å². The lowest BCUT2D eigenvalue weighted by molar-refractivity contribution is -0.150. The third-order valence-electron chi connectivity index (χ3n) is 9.89. The summed E-state index contributed by atoms with van der Waals surface area (Å²) in [6.45, 7) is 14.8. The number of rotatable bonds is 0. The van der Waals surface area contributed by atoms with Crippen LogP contribution in [0.4, 0.5) is 0 Å². The number of aliphatic hydroxyl groups is 1. The predicted molar refractivity (Wildman–Crippen MR) is 110 cm³/mol. The van der Waals surface area contributed by atoms with Crippen molar-refractivity contribution in [3.63, 3.8) is 0 Å². The molecular weight excluding hydrogens is 316 g/mol. The van der Waals surface area contributed by atoms with Crippen molar-refractivity contribution in [3.05, 3.63) is 11.1 Å². The van der Waals surface area contributed by atoms with Gasteiger partial charge in [-0.1, -0.05) is 45.8 Å². The highest BCUT2D eigenvalue weighted by Gasteiger charge is 2.58. The smallest absolute Gasteiger partial charge is 0.0664 e. The molecule has 1 heteroatoms.